The van der Waals surface area contributed by atoms with Crippen LogP contribution in [0, 0.1) is 10.1 Å². The van der Waals surface area contributed by atoms with Crippen LogP contribution in [0.25, 0.3) is 0 Å². The third kappa shape index (κ3) is 6.97. The Balaban J connectivity index is 1.53. The van der Waals surface area contributed by atoms with E-state index in [1.54, 1.807) is 6.07 Å². The summed E-state index contributed by atoms with van der Waals surface area (Å²) in [4.78, 5) is 38.6. The van der Waals surface area contributed by atoms with Gasteiger partial charge in [-0.05, 0) is 66.9 Å². The standard InChI is InChI=1S/C25H25ClN4O6S/c1-29-10-8-16-3-4-18(14-17(16)9-11-29)27-24(32)19(28-25(33)36-23-7-6-22(26)37-23)12-15-2-5-21(31)20(13-15)30(34)35/h2-7,13-14,19,31H,8-12H2,1H3,(H,27,32)(H,28,33). The number of nitro groups is 1. The minimum Gasteiger partial charge on any atom is -0.502 e. The normalized spacial score (nSPS) is 14.2. The lowest BCUT2D eigenvalue weighted by atomic mass is 10.0. The van der Waals surface area contributed by atoms with E-state index in [4.69, 9.17) is 16.3 Å². The molecule has 0 saturated heterocycles. The van der Waals surface area contributed by atoms with Crippen LogP contribution in [0.15, 0.2) is 48.5 Å². The fraction of sp³-hybridized carbons (Fsp3) is 0.280. The molecule has 1 aliphatic rings. The number of ether oxygens (including phenoxy) is 1. The van der Waals surface area contributed by atoms with Crippen molar-refractivity contribution in [3.63, 3.8) is 0 Å². The highest BCUT2D eigenvalue weighted by atomic mass is 35.5. The topological polar surface area (TPSA) is 134 Å². The molecule has 1 aliphatic heterocycles. The molecule has 12 heteroatoms. The molecule has 0 aliphatic carbocycles. The maximum Gasteiger partial charge on any atom is 0.414 e. The number of fused-ring (bicyclic) bond motifs is 1. The smallest absolute Gasteiger partial charge is 0.414 e. The van der Waals surface area contributed by atoms with Crippen LogP contribution in [0.4, 0.5) is 16.2 Å². The lowest BCUT2D eigenvalue weighted by Gasteiger charge is -2.19. The molecule has 0 bridgehead atoms. The number of nitro benzene ring substituents is 1. The molecule has 0 spiro atoms. The van der Waals surface area contributed by atoms with Crippen LogP contribution in [0.3, 0.4) is 0 Å². The fourth-order valence-corrected chi connectivity index (χ4v) is 4.92. The molecule has 0 radical (unpaired) electrons. The number of aromatic hydroxyl groups is 1. The summed E-state index contributed by atoms with van der Waals surface area (Å²) in [6.07, 6.45) is 0.812. The van der Waals surface area contributed by atoms with Crippen molar-refractivity contribution in [1.82, 2.24) is 10.2 Å². The number of carbonyl (C=O) groups excluding carboxylic acids is 2. The number of nitrogens with one attached hydrogen (secondary N) is 2. The predicted octanol–water partition coefficient (Wildman–Crippen LogP) is 4.38. The number of anilines is 1. The van der Waals surface area contributed by atoms with Crippen LogP contribution in [0.2, 0.25) is 4.34 Å². The zero-order chi connectivity index (χ0) is 26.5. The third-order valence-corrected chi connectivity index (χ3v) is 7.14. The van der Waals surface area contributed by atoms with E-state index in [0.717, 1.165) is 42.8 Å². The highest BCUT2D eigenvalue weighted by Gasteiger charge is 2.25. The van der Waals surface area contributed by atoms with Gasteiger partial charge in [0.15, 0.2) is 10.8 Å². The van der Waals surface area contributed by atoms with Crippen molar-refractivity contribution in [2.45, 2.75) is 25.3 Å². The lowest BCUT2D eigenvalue weighted by molar-refractivity contribution is -0.385. The summed E-state index contributed by atoms with van der Waals surface area (Å²) in [5, 5.41) is 26.6. The number of phenols is 1. The molecule has 1 unspecified atom stereocenters. The zero-order valence-electron chi connectivity index (χ0n) is 19.9. The van der Waals surface area contributed by atoms with Crippen LogP contribution >= 0.6 is 22.9 Å². The first kappa shape index (κ1) is 26.4. The Morgan fingerprint density at radius 1 is 1.16 bits per heavy atom. The van der Waals surface area contributed by atoms with Gasteiger partial charge in [0.1, 0.15) is 6.04 Å². The van der Waals surface area contributed by atoms with Crippen LogP contribution in [-0.2, 0) is 24.1 Å². The Bertz CT molecular complexity index is 1330. The molecule has 2 amide bonds. The molecule has 3 N–H and O–H groups in total. The largest absolute Gasteiger partial charge is 0.502 e. The number of benzene rings is 2. The number of phenolic OH excluding ortho intramolecular Hbond substituents is 1. The van der Waals surface area contributed by atoms with Crippen LogP contribution in [0.1, 0.15) is 16.7 Å². The van der Waals surface area contributed by atoms with Gasteiger partial charge in [-0.3, -0.25) is 14.9 Å². The van der Waals surface area contributed by atoms with Gasteiger partial charge in [-0.25, -0.2) is 4.79 Å². The summed E-state index contributed by atoms with van der Waals surface area (Å²) in [6.45, 7) is 1.87. The van der Waals surface area contributed by atoms with Crippen LogP contribution < -0.4 is 15.4 Å². The second kappa shape index (κ2) is 11.6. The molecular formula is C25H25ClN4O6S. The number of carbonyl (C=O) groups is 2. The molecule has 1 atom stereocenters. The number of thiophene rings is 1. The van der Waals surface area contributed by atoms with Crippen molar-refractivity contribution in [2.24, 2.45) is 0 Å². The number of nitrogens with zero attached hydrogens (tertiary/aromatic N) is 2. The highest BCUT2D eigenvalue weighted by molar-refractivity contribution is 7.17. The second-order valence-electron chi connectivity index (χ2n) is 8.71. The quantitative estimate of drug-likeness (QED) is 0.297. The Kier molecular flexibility index (Phi) is 8.27. The van der Waals surface area contributed by atoms with Gasteiger partial charge in [-0.15, -0.1) is 0 Å². The molecule has 37 heavy (non-hydrogen) atoms. The van der Waals surface area contributed by atoms with Crippen molar-refractivity contribution in [3.8, 4) is 10.8 Å². The maximum atomic E-state index is 13.3. The number of hydrogen-bond acceptors (Lipinski definition) is 8. The summed E-state index contributed by atoms with van der Waals surface area (Å²) >= 11 is 6.94. The van der Waals surface area contributed by atoms with E-state index in [1.165, 1.54) is 29.8 Å². The van der Waals surface area contributed by atoms with Gasteiger partial charge in [-0.1, -0.05) is 35.1 Å². The van der Waals surface area contributed by atoms with Gasteiger partial charge in [0.05, 0.1) is 9.26 Å². The van der Waals surface area contributed by atoms with Gasteiger partial charge >= 0.3 is 11.8 Å². The molecule has 3 aromatic rings. The van der Waals surface area contributed by atoms with E-state index in [9.17, 15) is 24.8 Å². The number of halogens is 1. The molecule has 10 nitrogen and oxygen atoms in total. The zero-order valence-corrected chi connectivity index (χ0v) is 21.5. The molecular weight excluding hydrogens is 520 g/mol. The van der Waals surface area contributed by atoms with Crippen molar-refractivity contribution in [1.29, 1.82) is 0 Å². The van der Waals surface area contributed by atoms with Crippen LogP contribution in [0.5, 0.6) is 10.8 Å². The Morgan fingerprint density at radius 2 is 1.92 bits per heavy atom. The Hall–Kier alpha value is -3.67. The van der Waals surface area contributed by atoms with Gasteiger partial charge in [-0.2, -0.15) is 0 Å². The van der Waals surface area contributed by atoms with Gasteiger partial charge in [0, 0.05) is 31.3 Å². The molecule has 4 rings (SSSR count). The SMILES string of the molecule is CN1CCc2ccc(NC(=O)C(Cc3ccc(O)c([N+](=O)[O-])c3)NC(=O)Oc3ccc(Cl)s3)cc2CC1. The number of likely N-dealkylation sites (N-methyl/N-ethyl adjacent to an activating group) is 1. The summed E-state index contributed by atoms with van der Waals surface area (Å²) in [5.74, 6) is -1.02. The first-order valence-electron chi connectivity index (χ1n) is 11.5. The number of hydrogen-bond donors (Lipinski definition) is 3. The van der Waals surface area contributed by atoms with Crippen molar-refractivity contribution < 1.29 is 24.4 Å². The van der Waals surface area contributed by atoms with E-state index in [1.807, 2.05) is 18.2 Å². The average Bonchev–Trinajstić information content (AvgIpc) is 3.16. The summed E-state index contributed by atoms with van der Waals surface area (Å²) < 4.78 is 5.67. The molecule has 1 aromatic heterocycles. The monoisotopic (exact) mass is 544 g/mol. The molecule has 0 fully saturated rings. The van der Waals surface area contributed by atoms with Crippen LogP contribution in [-0.4, -0.2) is 53.1 Å². The van der Waals surface area contributed by atoms with E-state index in [0.29, 0.717) is 15.6 Å². The highest BCUT2D eigenvalue weighted by Crippen LogP contribution is 2.29. The van der Waals surface area contributed by atoms with Gasteiger partial charge in [0.25, 0.3) is 0 Å². The molecule has 2 aromatic carbocycles. The van der Waals surface area contributed by atoms with Crippen molar-refractivity contribution in [3.05, 3.63) is 79.7 Å². The van der Waals surface area contributed by atoms with Crippen molar-refractivity contribution >= 4 is 46.3 Å². The van der Waals surface area contributed by atoms with Gasteiger partial charge < -0.3 is 25.4 Å². The summed E-state index contributed by atoms with van der Waals surface area (Å²) in [5.41, 5.74) is 2.83. The minimum absolute atomic E-state index is 0.0804. The predicted molar refractivity (Wildman–Crippen MR) is 141 cm³/mol. The molecule has 0 saturated carbocycles. The maximum absolute atomic E-state index is 13.3. The van der Waals surface area contributed by atoms with Crippen molar-refractivity contribution in [2.75, 3.05) is 25.5 Å². The van der Waals surface area contributed by atoms with E-state index < -0.39 is 34.4 Å². The van der Waals surface area contributed by atoms with E-state index in [-0.39, 0.29) is 11.5 Å². The molecule has 2 heterocycles. The summed E-state index contributed by atoms with van der Waals surface area (Å²) in [7, 11) is 2.07. The summed E-state index contributed by atoms with van der Waals surface area (Å²) in [6, 6.07) is 11.5. The Labute approximate surface area is 222 Å². The first-order chi connectivity index (χ1) is 17.7. The Morgan fingerprint density at radius 3 is 2.62 bits per heavy atom. The first-order valence-corrected chi connectivity index (χ1v) is 12.7. The number of rotatable bonds is 7. The third-order valence-electron chi connectivity index (χ3n) is 6.03. The number of amides is 2. The average molecular weight is 545 g/mol. The lowest BCUT2D eigenvalue weighted by Crippen LogP contribution is -2.46. The van der Waals surface area contributed by atoms with E-state index >= 15 is 0 Å². The minimum atomic E-state index is -1.13. The molecule has 194 valence electrons. The second-order valence-corrected chi connectivity index (χ2v) is 10.4. The van der Waals surface area contributed by atoms with E-state index in [2.05, 4.69) is 22.6 Å². The van der Waals surface area contributed by atoms with Gasteiger partial charge in [0.2, 0.25) is 5.91 Å². The fourth-order valence-electron chi connectivity index (χ4n) is 4.05.